The average Bonchev–Trinajstić information content (AvgIpc) is 3.11. The fraction of sp³-hybridized carbons (Fsp3) is 0.733. The minimum absolute atomic E-state index is 0. The zero-order valence-electron chi connectivity index (χ0n) is 13.1. The molecule has 2 N–H and O–H groups in total. The molecule has 0 spiro atoms. The monoisotopic (exact) mass is 345 g/mol. The van der Waals surface area contributed by atoms with Gasteiger partial charge in [-0.1, -0.05) is 5.16 Å². The molecule has 1 aliphatic heterocycles. The number of halogens is 1. The molecule has 1 saturated carbocycles. The molecule has 2 fully saturated rings. The Balaban J connectivity index is 0.00000176. The van der Waals surface area contributed by atoms with Crippen LogP contribution in [0.25, 0.3) is 0 Å². The van der Waals surface area contributed by atoms with Crippen LogP contribution in [0.5, 0.6) is 0 Å². The lowest BCUT2D eigenvalue weighted by Crippen LogP contribution is -2.34. The quantitative estimate of drug-likeness (QED) is 0.905. The molecule has 3 unspecified atom stereocenters. The number of nitrogens with two attached hydrogens (primary N) is 1. The molecule has 3 rings (SSSR count). The van der Waals surface area contributed by atoms with Crippen LogP contribution in [0.3, 0.4) is 0 Å². The summed E-state index contributed by atoms with van der Waals surface area (Å²) in [5, 5.41) is 3.94. The molecule has 5 nitrogen and oxygen atoms in total. The number of likely N-dealkylation sites (tertiary alicyclic amines) is 1. The first-order chi connectivity index (χ1) is 10.1. The predicted octanol–water partition coefficient (Wildman–Crippen LogP) is 2.14. The molecule has 1 saturated heterocycles. The van der Waals surface area contributed by atoms with Crippen molar-refractivity contribution in [2.45, 2.75) is 38.5 Å². The number of carbonyl (C=O) groups excluding carboxylic acids is 1. The van der Waals surface area contributed by atoms with Crippen molar-refractivity contribution < 1.29 is 9.32 Å². The number of rotatable bonds is 4. The molecule has 1 aliphatic carbocycles. The Labute approximate surface area is 141 Å². The molecule has 2 heterocycles. The van der Waals surface area contributed by atoms with Gasteiger partial charge in [-0.2, -0.15) is 0 Å². The summed E-state index contributed by atoms with van der Waals surface area (Å²) in [5.74, 6) is 3.58. The van der Waals surface area contributed by atoms with E-state index in [-0.39, 0.29) is 18.3 Å². The van der Waals surface area contributed by atoms with Crippen LogP contribution < -0.4 is 5.73 Å². The van der Waals surface area contributed by atoms with Crippen LogP contribution in [0.2, 0.25) is 0 Å². The third-order valence-electron chi connectivity index (χ3n) is 4.92. The number of aromatic nitrogens is 1. The molecule has 1 amide bonds. The second kappa shape index (κ2) is 7.23. The van der Waals surface area contributed by atoms with E-state index in [1.54, 1.807) is 11.8 Å². The fourth-order valence-electron chi connectivity index (χ4n) is 3.55. The molecule has 7 heteroatoms. The van der Waals surface area contributed by atoms with Gasteiger partial charge in [0.15, 0.2) is 0 Å². The number of aryl methyl sites for hydroxylation is 2. The number of hydrogen-bond donors (Lipinski definition) is 1. The van der Waals surface area contributed by atoms with Gasteiger partial charge in [0.2, 0.25) is 5.91 Å². The summed E-state index contributed by atoms with van der Waals surface area (Å²) in [6.07, 6.45) is 2.31. The lowest BCUT2D eigenvalue weighted by molar-refractivity contribution is -0.127. The summed E-state index contributed by atoms with van der Waals surface area (Å²) in [6.45, 7) is 5.62. The van der Waals surface area contributed by atoms with Gasteiger partial charge in [0.25, 0.3) is 0 Å². The fourth-order valence-corrected chi connectivity index (χ4v) is 4.63. The van der Waals surface area contributed by atoms with E-state index < -0.39 is 0 Å². The van der Waals surface area contributed by atoms with Gasteiger partial charge in [-0.25, -0.2) is 0 Å². The summed E-state index contributed by atoms with van der Waals surface area (Å²) in [5.41, 5.74) is 8.16. The number of fused-ring (bicyclic) bond motifs is 1. The number of carbonyl (C=O) groups is 1. The van der Waals surface area contributed by atoms with Crippen molar-refractivity contribution in [2.75, 3.05) is 18.8 Å². The van der Waals surface area contributed by atoms with Crippen molar-refractivity contribution in [1.29, 1.82) is 0 Å². The lowest BCUT2D eigenvalue weighted by atomic mass is 9.98. The molecule has 0 aromatic carbocycles. The molecule has 3 atom stereocenters. The van der Waals surface area contributed by atoms with Gasteiger partial charge in [0.1, 0.15) is 5.76 Å². The molecule has 0 radical (unpaired) electrons. The maximum atomic E-state index is 12.3. The number of amides is 1. The van der Waals surface area contributed by atoms with E-state index in [1.807, 2.05) is 18.7 Å². The van der Waals surface area contributed by atoms with Crippen LogP contribution in [0.15, 0.2) is 4.52 Å². The Morgan fingerprint density at radius 1 is 1.41 bits per heavy atom. The minimum atomic E-state index is 0. The lowest BCUT2D eigenvalue weighted by Gasteiger charge is -2.18. The maximum Gasteiger partial charge on any atom is 0.232 e. The predicted molar refractivity (Wildman–Crippen MR) is 90.2 cm³/mol. The van der Waals surface area contributed by atoms with Gasteiger partial charge in [-0.3, -0.25) is 4.79 Å². The number of hydrogen-bond acceptors (Lipinski definition) is 5. The standard InChI is InChI=1S/C15H23N3O2S.ClH/c1-9-13(10(2)20-17-9)7-21-8-15(19)18-5-11-3-4-14(16)12(11)6-18;/h11-12,14H,3-8,16H2,1-2H3;1H. The van der Waals surface area contributed by atoms with Crippen molar-refractivity contribution in [3.8, 4) is 0 Å². The van der Waals surface area contributed by atoms with E-state index in [2.05, 4.69) is 5.16 Å². The molecular weight excluding hydrogens is 322 g/mol. The van der Waals surface area contributed by atoms with Crippen LogP contribution in [-0.2, 0) is 10.5 Å². The first-order valence-corrected chi connectivity index (χ1v) is 8.74. The Morgan fingerprint density at radius 2 is 2.18 bits per heavy atom. The van der Waals surface area contributed by atoms with E-state index >= 15 is 0 Å². The van der Waals surface area contributed by atoms with Crippen LogP contribution in [0, 0.1) is 25.7 Å². The van der Waals surface area contributed by atoms with Crippen LogP contribution in [-0.4, -0.2) is 40.8 Å². The Bertz CT molecular complexity index is 517. The SMILES string of the molecule is Cc1noc(C)c1CSCC(=O)N1CC2CCC(N)C2C1.Cl. The molecule has 22 heavy (non-hydrogen) atoms. The Kier molecular flexibility index (Phi) is 5.80. The highest BCUT2D eigenvalue weighted by Crippen LogP contribution is 2.37. The van der Waals surface area contributed by atoms with Gasteiger partial charge in [0.05, 0.1) is 11.4 Å². The summed E-state index contributed by atoms with van der Waals surface area (Å²) in [6, 6.07) is 0.294. The van der Waals surface area contributed by atoms with Gasteiger partial charge in [-0.15, -0.1) is 24.2 Å². The molecule has 124 valence electrons. The zero-order valence-corrected chi connectivity index (χ0v) is 14.7. The van der Waals surface area contributed by atoms with E-state index in [0.717, 1.165) is 42.3 Å². The highest BCUT2D eigenvalue weighted by Gasteiger charge is 2.42. The largest absolute Gasteiger partial charge is 0.361 e. The second-order valence-electron chi connectivity index (χ2n) is 6.26. The van der Waals surface area contributed by atoms with E-state index in [9.17, 15) is 4.79 Å². The van der Waals surface area contributed by atoms with Crippen molar-refractivity contribution in [1.82, 2.24) is 10.1 Å². The topological polar surface area (TPSA) is 72.4 Å². The third kappa shape index (κ3) is 3.44. The molecular formula is C15H24ClN3O2S. The summed E-state index contributed by atoms with van der Waals surface area (Å²) in [7, 11) is 0. The minimum Gasteiger partial charge on any atom is -0.361 e. The van der Waals surface area contributed by atoms with Crippen molar-refractivity contribution in [2.24, 2.45) is 17.6 Å². The highest BCUT2D eigenvalue weighted by molar-refractivity contribution is 7.99. The molecule has 1 aromatic rings. The number of thioether (sulfide) groups is 1. The van der Waals surface area contributed by atoms with E-state index in [0.29, 0.717) is 23.6 Å². The van der Waals surface area contributed by atoms with Crippen molar-refractivity contribution in [3.63, 3.8) is 0 Å². The normalized spacial score (nSPS) is 26.9. The molecule has 2 aliphatic rings. The van der Waals surface area contributed by atoms with Crippen molar-refractivity contribution in [3.05, 3.63) is 17.0 Å². The van der Waals surface area contributed by atoms with Gasteiger partial charge >= 0.3 is 0 Å². The molecule has 1 aromatic heterocycles. The smallest absolute Gasteiger partial charge is 0.232 e. The van der Waals surface area contributed by atoms with Gasteiger partial charge in [0, 0.05) is 30.4 Å². The third-order valence-corrected chi connectivity index (χ3v) is 5.86. The zero-order chi connectivity index (χ0) is 15.0. The van der Waals surface area contributed by atoms with E-state index in [1.165, 1.54) is 6.42 Å². The highest BCUT2D eigenvalue weighted by atomic mass is 35.5. The van der Waals surface area contributed by atoms with Gasteiger partial charge < -0.3 is 15.2 Å². The summed E-state index contributed by atoms with van der Waals surface area (Å²) in [4.78, 5) is 14.3. The average molecular weight is 346 g/mol. The summed E-state index contributed by atoms with van der Waals surface area (Å²) < 4.78 is 5.14. The molecule has 0 bridgehead atoms. The van der Waals surface area contributed by atoms with Crippen LogP contribution >= 0.6 is 24.2 Å². The van der Waals surface area contributed by atoms with E-state index in [4.69, 9.17) is 10.3 Å². The maximum absolute atomic E-state index is 12.3. The second-order valence-corrected chi connectivity index (χ2v) is 7.24. The van der Waals surface area contributed by atoms with Crippen LogP contribution in [0.1, 0.15) is 29.9 Å². The Morgan fingerprint density at radius 3 is 2.82 bits per heavy atom. The van der Waals surface area contributed by atoms with Crippen molar-refractivity contribution >= 4 is 30.1 Å². The first kappa shape index (κ1) is 17.6. The number of nitrogens with zero attached hydrogens (tertiary/aromatic N) is 2. The summed E-state index contributed by atoms with van der Waals surface area (Å²) >= 11 is 1.64. The van der Waals surface area contributed by atoms with Gasteiger partial charge in [-0.05, 0) is 38.5 Å². The first-order valence-electron chi connectivity index (χ1n) is 7.59. The van der Waals surface area contributed by atoms with Crippen LogP contribution in [0.4, 0.5) is 0 Å². The Hall–Kier alpha value is -0.720.